The molecule has 0 saturated heterocycles. The predicted molar refractivity (Wildman–Crippen MR) is 100 cm³/mol. The van der Waals surface area contributed by atoms with E-state index in [4.69, 9.17) is 16.3 Å². The number of carbonyl (C=O) groups is 1. The lowest BCUT2D eigenvalue weighted by Gasteiger charge is -2.12. The summed E-state index contributed by atoms with van der Waals surface area (Å²) in [5.74, 6) is 0.443. The minimum absolute atomic E-state index is 0. The third kappa shape index (κ3) is 6.40. The molecule has 0 saturated carbocycles. The van der Waals surface area contributed by atoms with Gasteiger partial charge in [-0.3, -0.25) is 4.79 Å². The van der Waals surface area contributed by atoms with Gasteiger partial charge < -0.3 is 15.4 Å². The average molecular weight is 369 g/mol. The maximum absolute atomic E-state index is 12.2. The summed E-state index contributed by atoms with van der Waals surface area (Å²) >= 11 is 5.87. The van der Waals surface area contributed by atoms with Crippen LogP contribution in [0.25, 0.3) is 0 Å². The van der Waals surface area contributed by atoms with E-state index in [2.05, 4.69) is 10.6 Å². The number of rotatable bonds is 8. The fourth-order valence-electron chi connectivity index (χ4n) is 2.06. The van der Waals surface area contributed by atoms with Gasteiger partial charge in [-0.1, -0.05) is 42.8 Å². The summed E-state index contributed by atoms with van der Waals surface area (Å²) in [7, 11) is 0. The molecule has 0 unspecified atom stereocenters. The van der Waals surface area contributed by atoms with Gasteiger partial charge in [0.25, 0.3) is 5.91 Å². The minimum atomic E-state index is -0.130. The van der Waals surface area contributed by atoms with Crippen LogP contribution in [0.4, 0.5) is 0 Å². The van der Waals surface area contributed by atoms with Crippen LogP contribution in [0.2, 0.25) is 5.02 Å². The standard InChI is InChI=1S/C18H21ClN2O2.ClH/c1-2-20-11-12-21-18(22)16-5-3-4-6-17(16)23-13-14-7-9-15(19)10-8-14;/h3-10,20H,2,11-13H2,1H3,(H,21,22);1H. The van der Waals surface area contributed by atoms with Crippen LogP contribution in [0, 0.1) is 0 Å². The van der Waals surface area contributed by atoms with Gasteiger partial charge in [0.1, 0.15) is 12.4 Å². The third-order valence-electron chi connectivity index (χ3n) is 3.28. The van der Waals surface area contributed by atoms with Gasteiger partial charge in [-0.2, -0.15) is 0 Å². The Morgan fingerprint density at radius 1 is 1.08 bits per heavy atom. The third-order valence-corrected chi connectivity index (χ3v) is 3.53. The lowest BCUT2D eigenvalue weighted by molar-refractivity contribution is 0.0949. The first-order chi connectivity index (χ1) is 11.2. The van der Waals surface area contributed by atoms with Crippen LogP contribution in [-0.4, -0.2) is 25.5 Å². The monoisotopic (exact) mass is 368 g/mol. The minimum Gasteiger partial charge on any atom is -0.488 e. The molecule has 0 aliphatic carbocycles. The molecule has 0 aliphatic rings. The Kier molecular flexibility index (Phi) is 9.23. The molecule has 2 N–H and O–H groups in total. The molecule has 2 aromatic rings. The summed E-state index contributed by atoms with van der Waals surface area (Å²) in [6.07, 6.45) is 0. The van der Waals surface area contributed by atoms with Crippen molar-refractivity contribution in [3.63, 3.8) is 0 Å². The summed E-state index contributed by atoms with van der Waals surface area (Å²) < 4.78 is 5.79. The van der Waals surface area contributed by atoms with Crippen molar-refractivity contribution in [2.75, 3.05) is 19.6 Å². The number of nitrogens with one attached hydrogen (secondary N) is 2. The van der Waals surface area contributed by atoms with Gasteiger partial charge in [0, 0.05) is 18.1 Å². The first-order valence-corrected chi connectivity index (χ1v) is 8.03. The van der Waals surface area contributed by atoms with E-state index in [1.54, 1.807) is 12.1 Å². The van der Waals surface area contributed by atoms with Crippen LogP contribution in [-0.2, 0) is 6.61 Å². The van der Waals surface area contributed by atoms with Crippen LogP contribution >= 0.6 is 24.0 Å². The number of para-hydroxylation sites is 1. The van der Waals surface area contributed by atoms with E-state index in [-0.39, 0.29) is 18.3 Å². The van der Waals surface area contributed by atoms with Crippen molar-refractivity contribution in [2.24, 2.45) is 0 Å². The number of hydrogen-bond donors (Lipinski definition) is 2. The highest BCUT2D eigenvalue weighted by molar-refractivity contribution is 6.30. The Morgan fingerprint density at radius 3 is 2.50 bits per heavy atom. The molecule has 1 amide bonds. The van der Waals surface area contributed by atoms with Gasteiger partial charge >= 0.3 is 0 Å². The first-order valence-electron chi connectivity index (χ1n) is 7.66. The Labute approximate surface area is 154 Å². The number of ether oxygens (including phenoxy) is 1. The van der Waals surface area contributed by atoms with Crippen LogP contribution in [0.1, 0.15) is 22.8 Å². The highest BCUT2D eigenvalue weighted by Gasteiger charge is 2.11. The van der Waals surface area contributed by atoms with Crippen molar-refractivity contribution < 1.29 is 9.53 Å². The molecular weight excluding hydrogens is 347 g/mol. The van der Waals surface area contributed by atoms with Gasteiger partial charge in [-0.25, -0.2) is 0 Å². The van der Waals surface area contributed by atoms with Crippen LogP contribution < -0.4 is 15.4 Å². The molecule has 0 spiro atoms. The van der Waals surface area contributed by atoms with Crippen LogP contribution in [0.5, 0.6) is 5.75 Å². The van der Waals surface area contributed by atoms with Gasteiger partial charge in [-0.05, 0) is 36.4 Å². The molecule has 0 aromatic heterocycles. The number of benzene rings is 2. The topological polar surface area (TPSA) is 50.4 Å². The zero-order valence-corrected chi connectivity index (χ0v) is 15.1. The number of hydrogen-bond acceptors (Lipinski definition) is 3. The van der Waals surface area contributed by atoms with E-state index in [1.807, 2.05) is 43.3 Å². The molecule has 0 fully saturated rings. The molecule has 0 aliphatic heterocycles. The highest BCUT2D eigenvalue weighted by Crippen LogP contribution is 2.19. The second-order valence-corrected chi connectivity index (χ2v) is 5.46. The smallest absolute Gasteiger partial charge is 0.255 e. The molecule has 2 rings (SSSR count). The molecular formula is C18H22Cl2N2O2. The van der Waals surface area contributed by atoms with E-state index in [0.717, 1.165) is 18.7 Å². The van der Waals surface area contributed by atoms with Gasteiger partial charge in [-0.15, -0.1) is 12.4 Å². The lowest BCUT2D eigenvalue weighted by Crippen LogP contribution is -2.31. The Hall–Kier alpha value is -1.75. The van der Waals surface area contributed by atoms with E-state index in [0.29, 0.717) is 29.5 Å². The van der Waals surface area contributed by atoms with E-state index in [9.17, 15) is 4.79 Å². The summed E-state index contributed by atoms with van der Waals surface area (Å²) in [5.41, 5.74) is 1.54. The molecule has 6 heteroatoms. The second kappa shape index (κ2) is 10.9. The number of halogens is 2. The normalized spacial score (nSPS) is 9.92. The van der Waals surface area contributed by atoms with Gasteiger partial charge in [0.15, 0.2) is 0 Å². The lowest BCUT2D eigenvalue weighted by atomic mass is 10.2. The number of carbonyl (C=O) groups excluding carboxylic acids is 1. The summed E-state index contributed by atoms with van der Waals surface area (Å²) in [6.45, 7) is 4.63. The maximum Gasteiger partial charge on any atom is 0.255 e. The van der Waals surface area contributed by atoms with Crippen LogP contribution in [0.15, 0.2) is 48.5 Å². The molecule has 0 atom stereocenters. The highest BCUT2D eigenvalue weighted by atomic mass is 35.5. The quantitative estimate of drug-likeness (QED) is 0.698. The van der Waals surface area contributed by atoms with E-state index in [1.165, 1.54) is 0 Å². The fraction of sp³-hybridized carbons (Fsp3) is 0.278. The Morgan fingerprint density at radius 2 is 1.79 bits per heavy atom. The molecule has 0 heterocycles. The van der Waals surface area contributed by atoms with Gasteiger partial charge in [0.05, 0.1) is 5.56 Å². The van der Waals surface area contributed by atoms with Crippen molar-refractivity contribution in [1.29, 1.82) is 0 Å². The SMILES string of the molecule is CCNCCNC(=O)c1ccccc1OCc1ccc(Cl)cc1.Cl. The molecule has 24 heavy (non-hydrogen) atoms. The van der Waals surface area contributed by atoms with Crippen LogP contribution in [0.3, 0.4) is 0 Å². The molecule has 130 valence electrons. The largest absolute Gasteiger partial charge is 0.488 e. The van der Waals surface area contributed by atoms with Crippen molar-refractivity contribution in [1.82, 2.24) is 10.6 Å². The summed E-state index contributed by atoms with van der Waals surface area (Å²) in [5, 5.41) is 6.73. The van der Waals surface area contributed by atoms with Gasteiger partial charge in [0.2, 0.25) is 0 Å². The summed E-state index contributed by atoms with van der Waals surface area (Å²) in [4.78, 5) is 12.2. The first kappa shape index (κ1) is 20.3. The Balaban J connectivity index is 0.00000288. The zero-order chi connectivity index (χ0) is 16.5. The average Bonchev–Trinajstić information content (AvgIpc) is 2.58. The zero-order valence-electron chi connectivity index (χ0n) is 13.5. The summed E-state index contributed by atoms with van der Waals surface area (Å²) in [6, 6.07) is 14.7. The van der Waals surface area contributed by atoms with Crippen molar-refractivity contribution >= 4 is 29.9 Å². The van der Waals surface area contributed by atoms with E-state index >= 15 is 0 Å². The molecule has 4 nitrogen and oxygen atoms in total. The van der Waals surface area contributed by atoms with Crippen molar-refractivity contribution in [3.8, 4) is 5.75 Å². The molecule has 2 aromatic carbocycles. The van der Waals surface area contributed by atoms with Crippen molar-refractivity contribution in [3.05, 3.63) is 64.7 Å². The molecule has 0 radical (unpaired) electrons. The van der Waals surface area contributed by atoms with Crippen molar-refractivity contribution in [2.45, 2.75) is 13.5 Å². The Bertz CT molecular complexity index is 633. The number of likely N-dealkylation sites (N-methyl/N-ethyl adjacent to an activating group) is 1. The maximum atomic E-state index is 12.2. The predicted octanol–water partition coefficient (Wildman–Crippen LogP) is 3.68. The fourth-order valence-corrected chi connectivity index (χ4v) is 2.18. The van der Waals surface area contributed by atoms with E-state index < -0.39 is 0 Å². The molecule has 0 bridgehead atoms. The number of amides is 1. The second-order valence-electron chi connectivity index (χ2n) is 5.02.